The van der Waals surface area contributed by atoms with Crippen LogP contribution in [-0.2, 0) is 0 Å². The van der Waals surface area contributed by atoms with Gasteiger partial charge in [0.25, 0.3) is 5.91 Å². The minimum Gasteiger partial charge on any atom is -0.348 e. The lowest BCUT2D eigenvalue weighted by Crippen LogP contribution is -2.36. The van der Waals surface area contributed by atoms with Gasteiger partial charge < -0.3 is 10.2 Å². The molecule has 86 valence electrons. The molecule has 1 N–H and O–H groups in total. The van der Waals surface area contributed by atoms with Gasteiger partial charge in [-0.25, -0.2) is 4.98 Å². The second kappa shape index (κ2) is 4.57. The van der Waals surface area contributed by atoms with Gasteiger partial charge in [0.15, 0.2) is 0 Å². The highest BCUT2D eigenvalue weighted by Gasteiger charge is 2.21. The molecule has 0 spiro atoms. The van der Waals surface area contributed by atoms with Gasteiger partial charge in [0.1, 0.15) is 0 Å². The molecule has 0 aliphatic carbocycles. The summed E-state index contributed by atoms with van der Waals surface area (Å²) in [5.74, 6) is -0.863. The number of halogens is 1. The lowest BCUT2D eigenvalue weighted by molar-refractivity contribution is 0.0937. The lowest BCUT2D eigenvalue weighted by Gasteiger charge is -2.12. The van der Waals surface area contributed by atoms with Crippen LogP contribution in [0, 0.1) is 5.95 Å². The normalized spacial score (nSPS) is 21.0. The quantitative estimate of drug-likeness (QED) is 0.749. The molecule has 0 aromatic carbocycles. The number of nitrogens with one attached hydrogen (secondary N) is 1. The Morgan fingerprint density at radius 1 is 1.69 bits per heavy atom. The second-order valence-electron chi connectivity index (χ2n) is 4.09. The van der Waals surface area contributed by atoms with Gasteiger partial charge in [-0.2, -0.15) is 4.39 Å². The van der Waals surface area contributed by atoms with E-state index in [-0.39, 0.29) is 11.9 Å². The number of aromatic nitrogens is 1. The molecule has 1 aliphatic rings. The van der Waals surface area contributed by atoms with Crippen molar-refractivity contribution in [3.8, 4) is 0 Å². The Hall–Kier alpha value is -1.49. The minimum atomic E-state index is -0.629. The van der Waals surface area contributed by atoms with Crippen LogP contribution in [0.3, 0.4) is 0 Å². The topological polar surface area (TPSA) is 45.2 Å². The smallest absolute Gasteiger partial charge is 0.251 e. The van der Waals surface area contributed by atoms with Crippen LogP contribution < -0.4 is 5.32 Å². The highest BCUT2D eigenvalue weighted by Crippen LogP contribution is 2.08. The van der Waals surface area contributed by atoms with E-state index in [1.54, 1.807) is 0 Å². The molecule has 1 atom stereocenters. The summed E-state index contributed by atoms with van der Waals surface area (Å²) >= 11 is 0. The molecule has 0 bridgehead atoms. The molecule has 1 fully saturated rings. The number of rotatable bonds is 2. The highest BCUT2D eigenvalue weighted by molar-refractivity contribution is 5.94. The third kappa shape index (κ3) is 2.55. The molecule has 0 saturated carbocycles. The molecule has 1 amide bonds. The van der Waals surface area contributed by atoms with Crippen molar-refractivity contribution in [1.29, 1.82) is 0 Å². The maximum absolute atomic E-state index is 12.8. The van der Waals surface area contributed by atoms with E-state index in [0.717, 1.165) is 25.6 Å². The molecule has 0 radical (unpaired) electrons. The Bertz CT molecular complexity index is 397. The van der Waals surface area contributed by atoms with E-state index in [4.69, 9.17) is 0 Å². The van der Waals surface area contributed by atoms with Crippen molar-refractivity contribution >= 4 is 5.91 Å². The van der Waals surface area contributed by atoms with Crippen LogP contribution in [-0.4, -0.2) is 42.0 Å². The van der Waals surface area contributed by atoms with Crippen LogP contribution in [0.2, 0.25) is 0 Å². The highest BCUT2D eigenvalue weighted by atomic mass is 19.1. The summed E-state index contributed by atoms with van der Waals surface area (Å²) in [6.07, 6.45) is 2.24. The summed E-state index contributed by atoms with van der Waals surface area (Å²) in [6, 6.07) is 2.82. The fourth-order valence-corrected chi connectivity index (χ4v) is 1.87. The maximum atomic E-state index is 12.8. The first-order chi connectivity index (χ1) is 7.65. The summed E-state index contributed by atoms with van der Waals surface area (Å²) in [4.78, 5) is 17.3. The molecule has 16 heavy (non-hydrogen) atoms. The molecule has 1 aliphatic heterocycles. The fourth-order valence-electron chi connectivity index (χ4n) is 1.87. The number of hydrogen-bond donors (Lipinski definition) is 1. The van der Waals surface area contributed by atoms with Crippen molar-refractivity contribution in [2.75, 3.05) is 20.1 Å². The monoisotopic (exact) mass is 223 g/mol. The van der Waals surface area contributed by atoms with E-state index < -0.39 is 5.95 Å². The lowest BCUT2D eigenvalue weighted by atomic mass is 10.2. The van der Waals surface area contributed by atoms with Gasteiger partial charge in [-0.05, 0) is 26.1 Å². The van der Waals surface area contributed by atoms with Crippen molar-refractivity contribution < 1.29 is 9.18 Å². The number of likely N-dealkylation sites (tertiary alicyclic amines) is 1. The maximum Gasteiger partial charge on any atom is 0.251 e. The van der Waals surface area contributed by atoms with Crippen LogP contribution in [0.4, 0.5) is 4.39 Å². The Morgan fingerprint density at radius 3 is 3.12 bits per heavy atom. The Morgan fingerprint density at radius 2 is 2.50 bits per heavy atom. The van der Waals surface area contributed by atoms with Gasteiger partial charge in [0.05, 0.1) is 0 Å². The van der Waals surface area contributed by atoms with E-state index in [1.807, 2.05) is 7.05 Å². The SMILES string of the molecule is CN1CCC(NC(=O)c2ccnc(F)c2)C1. The number of hydrogen-bond acceptors (Lipinski definition) is 3. The van der Waals surface area contributed by atoms with Crippen molar-refractivity contribution in [1.82, 2.24) is 15.2 Å². The number of carbonyl (C=O) groups excluding carboxylic acids is 1. The number of amides is 1. The van der Waals surface area contributed by atoms with Crippen LogP contribution in [0.5, 0.6) is 0 Å². The predicted octanol–water partition coefficient (Wildman–Crippen LogP) is 0.655. The molecule has 2 heterocycles. The van der Waals surface area contributed by atoms with E-state index >= 15 is 0 Å². The average molecular weight is 223 g/mol. The third-order valence-corrected chi connectivity index (χ3v) is 2.72. The van der Waals surface area contributed by atoms with Gasteiger partial charge in [-0.1, -0.05) is 0 Å². The average Bonchev–Trinajstić information content (AvgIpc) is 2.64. The molecule has 5 heteroatoms. The van der Waals surface area contributed by atoms with E-state index in [9.17, 15) is 9.18 Å². The van der Waals surface area contributed by atoms with Crippen molar-refractivity contribution in [3.05, 3.63) is 29.8 Å². The van der Waals surface area contributed by atoms with Gasteiger partial charge in [0.2, 0.25) is 5.95 Å². The third-order valence-electron chi connectivity index (χ3n) is 2.72. The van der Waals surface area contributed by atoms with Crippen LogP contribution in [0.1, 0.15) is 16.8 Å². The zero-order chi connectivity index (χ0) is 11.5. The molecule has 1 unspecified atom stereocenters. The van der Waals surface area contributed by atoms with Gasteiger partial charge in [-0.3, -0.25) is 4.79 Å². The number of nitrogens with zero attached hydrogens (tertiary/aromatic N) is 2. The van der Waals surface area contributed by atoms with Gasteiger partial charge >= 0.3 is 0 Å². The Kier molecular flexibility index (Phi) is 3.14. The van der Waals surface area contributed by atoms with Crippen LogP contribution >= 0.6 is 0 Å². The molecule has 1 saturated heterocycles. The first-order valence-electron chi connectivity index (χ1n) is 5.26. The van der Waals surface area contributed by atoms with Crippen molar-refractivity contribution in [2.45, 2.75) is 12.5 Å². The molecule has 1 aromatic heterocycles. The van der Waals surface area contributed by atoms with Crippen LogP contribution in [0.15, 0.2) is 18.3 Å². The molecular weight excluding hydrogens is 209 g/mol. The summed E-state index contributed by atoms with van der Waals surface area (Å²) in [6.45, 7) is 1.83. The molecule has 4 nitrogen and oxygen atoms in total. The zero-order valence-electron chi connectivity index (χ0n) is 9.11. The Labute approximate surface area is 93.5 Å². The van der Waals surface area contributed by atoms with Gasteiger partial charge in [-0.15, -0.1) is 0 Å². The van der Waals surface area contributed by atoms with Crippen molar-refractivity contribution in [3.63, 3.8) is 0 Å². The zero-order valence-corrected chi connectivity index (χ0v) is 9.11. The summed E-state index contributed by atoms with van der Waals surface area (Å²) in [5, 5.41) is 2.88. The Balaban J connectivity index is 1.98. The minimum absolute atomic E-state index is 0.161. The standard InChI is InChI=1S/C11H14FN3O/c1-15-5-3-9(7-15)14-11(16)8-2-4-13-10(12)6-8/h2,4,6,9H,3,5,7H2,1H3,(H,14,16). The number of carbonyl (C=O) groups is 1. The number of pyridine rings is 1. The van der Waals surface area contributed by atoms with E-state index in [2.05, 4.69) is 15.2 Å². The molecular formula is C11H14FN3O. The van der Waals surface area contributed by atoms with Crippen LogP contribution in [0.25, 0.3) is 0 Å². The largest absolute Gasteiger partial charge is 0.348 e. The fraction of sp³-hybridized carbons (Fsp3) is 0.455. The second-order valence-corrected chi connectivity index (χ2v) is 4.09. The summed E-state index contributed by atoms with van der Waals surface area (Å²) in [5.41, 5.74) is 0.321. The first kappa shape index (κ1) is 11.0. The summed E-state index contributed by atoms with van der Waals surface area (Å²) in [7, 11) is 2.01. The summed E-state index contributed by atoms with van der Waals surface area (Å²) < 4.78 is 12.8. The predicted molar refractivity (Wildman–Crippen MR) is 57.6 cm³/mol. The van der Waals surface area contributed by atoms with E-state index in [0.29, 0.717) is 5.56 Å². The molecule has 1 aromatic rings. The van der Waals surface area contributed by atoms with Crippen molar-refractivity contribution in [2.24, 2.45) is 0 Å². The molecule has 2 rings (SSSR count). The van der Waals surface area contributed by atoms with Gasteiger partial charge in [0, 0.05) is 30.4 Å². The van der Waals surface area contributed by atoms with E-state index in [1.165, 1.54) is 12.3 Å². The number of likely N-dealkylation sites (N-methyl/N-ethyl adjacent to an activating group) is 1. The first-order valence-corrected chi connectivity index (χ1v) is 5.26.